The second-order valence-corrected chi connectivity index (χ2v) is 6.76. The van der Waals surface area contributed by atoms with E-state index in [1.807, 2.05) is 47.4 Å². The smallest absolute Gasteiger partial charge is 0.260 e. The van der Waals surface area contributed by atoms with Gasteiger partial charge in [-0.25, -0.2) is 0 Å². The van der Waals surface area contributed by atoms with Crippen LogP contribution in [0.1, 0.15) is 12.0 Å². The van der Waals surface area contributed by atoms with Crippen molar-refractivity contribution in [1.29, 1.82) is 0 Å². The fraction of sp³-hybridized carbons (Fsp3) is 0.409. The number of hydrogen-bond donors (Lipinski definition) is 0. The van der Waals surface area contributed by atoms with Crippen molar-refractivity contribution in [3.05, 3.63) is 54.1 Å². The Labute approximate surface area is 166 Å². The highest BCUT2D eigenvalue weighted by molar-refractivity contribution is 5.77. The van der Waals surface area contributed by atoms with Crippen LogP contribution in [0.2, 0.25) is 0 Å². The molecular weight excluding hydrogens is 356 g/mol. The molecule has 0 spiro atoms. The number of amides is 1. The maximum absolute atomic E-state index is 12.6. The number of rotatable bonds is 7. The Morgan fingerprint density at radius 2 is 1.54 bits per heavy atom. The summed E-state index contributed by atoms with van der Waals surface area (Å²) in [5.41, 5.74) is 1.17. The lowest BCUT2D eigenvalue weighted by atomic mass is 10.2. The summed E-state index contributed by atoms with van der Waals surface area (Å²) in [6, 6.07) is 15.5. The quantitative estimate of drug-likeness (QED) is 0.735. The standard InChI is InChI=1S/C22H28N2O4/c1-26-19-9-4-3-8-18(19)16-23-12-7-13-24(15-14-23)22(25)17-28-21-11-6-5-10-20(21)27-2/h3-6,8-11H,7,12-17H2,1-2H3. The highest BCUT2D eigenvalue weighted by atomic mass is 16.5. The highest BCUT2D eigenvalue weighted by Gasteiger charge is 2.20. The molecule has 6 heteroatoms. The second-order valence-electron chi connectivity index (χ2n) is 6.76. The molecule has 1 saturated heterocycles. The molecule has 0 aliphatic carbocycles. The zero-order chi connectivity index (χ0) is 19.8. The molecule has 6 nitrogen and oxygen atoms in total. The van der Waals surface area contributed by atoms with E-state index in [1.165, 1.54) is 5.56 Å². The highest BCUT2D eigenvalue weighted by Crippen LogP contribution is 2.25. The van der Waals surface area contributed by atoms with E-state index < -0.39 is 0 Å². The average molecular weight is 384 g/mol. The molecule has 150 valence electrons. The van der Waals surface area contributed by atoms with E-state index in [-0.39, 0.29) is 12.5 Å². The van der Waals surface area contributed by atoms with E-state index in [2.05, 4.69) is 11.0 Å². The van der Waals surface area contributed by atoms with E-state index >= 15 is 0 Å². The van der Waals surface area contributed by atoms with E-state index in [0.717, 1.165) is 38.3 Å². The molecule has 2 aromatic rings. The molecule has 1 heterocycles. The number of carbonyl (C=O) groups excluding carboxylic acids is 1. The predicted octanol–water partition coefficient (Wildman–Crippen LogP) is 2.82. The van der Waals surface area contributed by atoms with Gasteiger partial charge < -0.3 is 19.1 Å². The van der Waals surface area contributed by atoms with E-state index in [0.29, 0.717) is 18.0 Å². The van der Waals surface area contributed by atoms with Gasteiger partial charge in [0, 0.05) is 38.3 Å². The van der Waals surface area contributed by atoms with Gasteiger partial charge in [0.25, 0.3) is 5.91 Å². The Morgan fingerprint density at radius 3 is 2.29 bits per heavy atom. The predicted molar refractivity (Wildman–Crippen MR) is 108 cm³/mol. The molecule has 1 amide bonds. The lowest BCUT2D eigenvalue weighted by Crippen LogP contribution is -2.38. The lowest BCUT2D eigenvalue weighted by molar-refractivity contribution is -0.133. The summed E-state index contributed by atoms with van der Waals surface area (Å²) in [7, 11) is 3.29. The van der Waals surface area contributed by atoms with Crippen molar-refractivity contribution in [2.24, 2.45) is 0 Å². The summed E-state index contributed by atoms with van der Waals surface area (Å²) in [5, 5.41) is 0. The Bertz CT molecular complexity index is 781. The van der Waals surface area contributed by atoms with Gasteiger partial charge in [0.2, 0.25) is 0 Å². The molecule has 2 aromatic carbocycles. The molecule has 0 bridgehead atoms. The van der Waals surface area contributed by atoms with E-state index in [4.69, 9.17) is 14.2 Å². The van der Waals surface area contributed by atoms with Crippen molar-refractivity contribution >= 4 is 5.91 Å². The number of carbonyl (C=O) groups is 1. The van der Waals surface area contributed by atoms with Crippen LogP contribution in [0.4, 0.5) is 0 Å². The van der Waals surface area contributed by atoms with Crippen LogP contribution in [0, 0.1) is 0 Å². The van der Waals surface area contributed by atoms with Crippen LogP contribution in [-0.2, 0) is 11.3 Å². The first-order valence-corrected chi connectivity index (χ1v) is 9.59. The van der Waals surface area contributed by atoms with Gasteiger partial charge in [-0.3, -0.25) is 9.69 Å². The van der Waals surface area contributed by atoms with Crippen molar-refractivity contribution in [3.8, 4) is 17.2 Å². The van der Waals surface area contributed by atoms with Crippen LogP contribution in [0.25, 0.3) is 0 Å². The number of nitrogens with zero attached hydrogens (tertiary/aromatic N) is 2. The van der Waals surface area contributed by atoms with Crippen LogP contribution >= 0.6 is 0 Å². The normalized spacial score (nSPS) is 15.0. The molecular formula is C22H28N2O4. The molecule has 0 atom stereocenters. The van der Waals surface area contributed by atoms with Crippen LogP contribution in [-0.4, -0.2) is 62.7 Å². The van der Waals surface area contributed by atoms with Crippen molar-refractivity contribution in [3.63, 3.8) is 0 Å². The molecule has 0 N–H and O–H groups in total. The Kier molecular flexibility index (Phi) is 7.14. The van der Waals surface area contributed by atoms with Gasteiger partial charge in [0.1, 0.15) is 5.75 Å². The molecule has 0 radical (unpaired) electrons. The largest absolute Gasteiger partial charge is 0.496 e. The van der Waals surface area contributed by atoms with Gasteiger partial charge >= 0.3 is 0 Å². The van der Waals surface area contributed by atoms with Crippen molar-refractivity contribution in [2.75, 3.05) is 47.0 Å². The number of benzene rings is 2. The molecule has 0 unspecified atom stereocenters. The Hall–Kier alpha value is -2.73. The fourth-order valence-corrected chi connectivity index (χ4v) is 3.42. The molecule has 3 rings (SSSR count). The third-order valence-electron chi connectivity index (χ3n) is 4.95. The maximum atomic E-state index is 12.6. The van der Waals surface area contributed by atoms with E-state index in [1.54, 1.807) is 14.2 Å². The fourth-order valence-electron chi connectivity index (χ4n) is 3.42. The minimum Gasteiger partial charge on any atom is -0.496 e. The molecule has 1 aliphatic rings. The topological polar surface area (TPSA) is 51.2 Å². The monoisotopic (exact) mass is 384 g/mol. The van der Waals surface area contributed by atoms with Gasteiger partial charge in [-0.15, -0.1) is 0 Å². The first-order valence-electron chi connectivity index (χ1n) is 9.59. The summed E-state index contributed by atoms with van der Waals surface area (Å²) < 4.78 is 16.4. The first-order chi connectivity index (χ1) is 13.7. The minimum absolute atomic E-state index is 0.00467. The number of para-hydroxylation sites is 3. The van der Waals surface area contributed by atoms with Crippen LogP contribution in [0.5, 0.6) is 17.2 Å². The van der Waals surface area contributed by atoms with Gasteiger partial charge in [-0.05, 0) is 24.6 Å². The van der Waals surface area contributed by atoms with Gasteiger partial charge in [0.15, 0.2) is 18.1 Å². The van der Waals surface area contributed by atoms with Gasteiger partial charge in [0.05, 0.1) is 14.2 Å². The second kappa shape index (κ2) is 9.99. The van der Waals surface area contributed by atoms with Crippen LogP contribution in [0.15, 0.2) is 48.5 Å². The SMILES string of the molecule is COc1ccccc1CN1CCCN(C(=O)COc2ccccc2OC)CC1. The van der Waals surface area contributed by atoms with Gasteiger partial charge in [-0.2, -0.15) is 0 Å². The number of ether oxygens (including phenoxy) is 3. The van der Waals surface area contributed by atoms with E-state index in [9.17, 15) is 4.79 Å². The minimum atomic E-state index is 0.00467. The Balaban J connectivity index is 1.52. The summed E-state index contributed by atoms with van der Waals surface area (Å²) >= 11 is 0. The molecule has 28 heavy (non-hydrogen) atoms. The summed E-state index contributed by atoms with van der Waals surface area (Å²) in [6.45, 7) is 4.07. The molecule has 0 aromatic heterocycles. The zero-order valence-electron chi connectivity index (χ0n) is 16.6. The van der Waals surface area contributed by atoms with Crippen molar-refractivity contribution in [2.45, 2.75) is 13.0 Å². The van der Waals surface area contributed by atoms with Crippen molar-refractivity contribution < 1.29 is 19.0 Å². The molecule has 1 aliphatic heterocycles. The molecule has 1 fully saturated rings. The zero-order valence-corrected chi connectivity index (χ0v) is 16.6. The first kappa shape index (κ1) is 20.0. The van der Waals surface area contributed by atoms with Crippen molar-refractivity contribution in [1.82, 2.24) is 9.80 Å². The molecule has 0 saturated carbocycles. The summed E-state index contributed by atoms with van der Waals surface area (Å²) in [6.07, 6.45) is 0.940. The lowest BCUT2D eigenvalue weighted by Gasteiger charge is -2.23. The Morgan fingerprint density at radius 1 is 0.857 bits per heavy atom. The number of methoxy groups -OCH3 is 2. The summed E-state index contributed by atoms with van der Waals surface area (Å²) in [5.74, 6) is 2.13. The maximum Gasteiger partial charge on any atom is 0.260 e. The van der Waals surface area contributed by atoms with Crippen LogP contribution in [0.3, 0.4) is 0 Å². The summed E-state index contributed by atoms with van der Waals surface area (Å²) in [4.78, 5) is 16.9. The van der Waals surface area contributed by atoms with Crippen LogP contribution < -0.4 is 14.2 Å². The number of hydrogen-bond acceptors (Lipinski definition) is 5. The average Bonchev–Trinajstić information content (AvgIpc) is 2.98. The third kappa shape index (κ3) is 5.16. The van der Waals surface area contributed by atoms with Gasteiger partial charge in [-0.1, -0.05) is 30.3 Å². The third-order valence-corrected chi connectivity index (χ3v) is 4.95.